The fourth-order valence-electron chi connectivity index (χ4n) is 7.13. The molecule has 14 heteroatoms. The van der Waals surface area contributed by atoms with Gasteiger partial charge in [0.1, 0.15) is 12.1 Å². The second-order valence-electron chi connectivity index (χ2n) is 15.8. The number of hydrogen-bond acceptors (Lipinski definition) is 7. The highest BCUT2D eigenvalue weighted by Gasteiger charge is 2.50. The Morgan fingerprint density at radius 2 is 1.64 bits per heavy atom. The minimum atomic E-state index is -3.50. The van der Waals surface area contributed by atoms with Gasteiger partial charge in [0.2, 0.25) is 27.6 Å². The largest absolute Gasteiger partial charge is 0.346 e. The van der Waals surface area contributed by atoms with Crippen molar-refractivity contribution < 1.29 is 32.4 Å². The lowest BCUT2D eigenvalue weighted by Crippen LogP contribution is -2.63. The van der Waals surface area contributed by atoms with E-state index in [1.807, 2.05) is 48.5 Å². The molecule has 0 radical (unpaired) electrons. The van der Waals surface area contributed by atoms with Gasteiger partial charge in [0.05, 0.1) is 11.8 Å². The molecule has 13 nitrogen and oxygen atoms in total. The van der Waals surface area contributed by atoms with E-state index in [2.05, 4.69) is 27.8 Å². The van der Waals surface area contributed by atoms with E-state index in [9.17, 15) is 32.4 Å². The molecule has 2 fully saturated rings. The molecule has 2 aliphatic rings. The van der Waals surface area contributed by atoms with Gasteiger partial charge in [-0.15, -0.1) is 6.58 Å². The van der Waals surface area contributed by atoms with Crippen molar-refractivity contribution in [2.45, 2.75) is 131 Å². The molecule has 1 heterocycles. The highest BCUT2D eigenvalue weighted by atomic mass is 32.2. The highest BCUT2D eigenvalue weighted by molar-refractivity contribution is 7.89. The Kier molecular flexibility index (Phi) is 16.0. The fourth-order valence-corrected chi connectivity index (χ4v) is 7.95. The Labute approximate surface area is 300 Å². The first-order chi connectivity index (χ1) is 23.2. The minimum absolute atomic E-state index is 0.0312. The number of hydrogen-bond donors (Lipinski definition) is 4. The summed E-state index contributed by atoms with van der Waals surface area (Å²) in [5, 5.41) is 11.3. The molecule has 1 aliphatic carbocycles. The van der Waals surface area contributed by atoms with E-state index < -0.39 is 68.6 Å². The predicted molar refractivity (Wildman–Crippen MR) is 195 cm³/mol. The average molecular weight is 725 g/mol. The Bertz CT molecular complexity index is 1320. The van der Waals surface area contributed by atoms with Crippen LogP contribution in [0.3, 0.4) is 0 Å². The standard InChI is InChI=1S/C36H64N6O7S/c1-11-17-26(29(43)32(45)37-21-12-2)38-31(44)28-25(24(4)5)18-22-42(28)33(46)30(36(9)19-15-14-16-20-36)40-34(47)39-27(35(6,7)8)23-41(10)50(48,49)13-3/h12,24-28,30H,2,11,13-23H2,1,3-10H3,(H,37,45)(H,38,44)(H2,39,40,47)/t25-,26?,27-,28+,30-/m1/s1. The Hall–Kier alpha value is -3.00. The number of sulfonamides is 1. The molecular formula is C36H64N6O7S. The van der Waals surface area contributed by atoms with Crippen LogP contribution in [0.5, 0.6) is 0 Å². The number of Topliss-reactive ketones (excluding diaryl/α,β-unsaturated/α-hetero) is 1. The van der Waals surface area contributed by atoms with Crippen molar-refractivity contribution in [1.82, 2.24) is 30.5 Å². The van der Waals surface area contributed by atoms with Crippen LogP contribution in [0.4, 0.5) is 4.79 Å². The number of ketones is 1. The van der Waals surface area contributed by atoms with Crippen LogP contribution in [-0.2, 0) is 29.2 Å². The molecule has 4 N–H and O–H groups in total. The van der Waals surface area contributed by atoms with Crippen LogP contribution >= 0.6 is 0 Å². The monoisotopic (exact) mass is 724 g/mol. The van der Waals surface area contributed by atoms with E-state index >= 15 is 0 Å². The van der Waals surface area contributed by atoms with E-state index in [0.717, 1.165) is 19.3 Å². The first-order valence-electron chi connectivity index (χ1n) is 18.3. The minimum Gasteiger partial charge on any atom is -0.346 e. The van der Waals surface area contributed by atoms with Gasteiger partial charge in [-0.3, -0.25) is 19.2 Å². The van der Waals surface area contributed by atoms with Crippen molar-refractivity contribution in [2.75, 3.05) is 32.4 Å². The number of carbonyl (C=O) groups excluding carboxylic acids is 5. The third-order valence-electron chi connectivity index (χ3n) is 10.5. The zero-order chi connectivity index (χ0) is 38.0. The second-order valence-corrected chi connectivity index (χ2v) is 18.1. The second kappa shape index (κ2) is 18.5. The quantitative estimate of drug-likeness (QED) is 0.132. The van der Waals surface area contributed by atoms with Crippen molar-refractivity contribution in [3.8, 4) is 0 Å². The maximum atomic E-state index is 14.7. The number of carbonyl (C=O) groups is 5. The van der Waals surface area contributed by atoms with Gasteiger partial charge in [-0.1, -0.05) is 80.2 Å². The zero-order valence-electron chi connectivity index (χ0n) is 31.9. The predicted octanol–water partition coefficient (Wildman–Crippen LogP) is 3.35. The molecule has 5 atom stereocenters. The number of likely N-dealkylation sites (tertiary alicyclic amines) is 1. The van der Waals surface area contributed by atoms with Gasteiger partial charge in [0, 0.05) is 32.7 Å². The highest BCUT2D eigenvalue weighted by Crippen LogP contribution is 2.41. The van der Waals surface area contributed by atoms with Crippen LogP contribution in [0.25, 0.3) is 0 Å². The molecule has 0 aromatic heterocycles. The van der Waals surface area contributed by atoms with Crippen molar-refractivity contribution in [3.63, 3.8) is 0 Å². The van der Waals surface area contributed by atoms with Crippen LogP contribution in [0.2, 0.25) is 0 Å². The SMILES string of the molecule is C=CCNC(=O)C(=O)C(CCC)NC(=O)[C@@H]1[C@@H](C(C)C)CCN1C(=O)[C@@H](NC(=O)N[C@H](CN(C)S(=O)(=O)CC)C(C)(C)C)C1(C)CCCCC1. The maximum absolute atomic E-state index is 14.7. The van der Waals surface area contributed by atoms with Gasteiger partial charge < -0.3 is 26.2 Å². The first-order valence-corrected chi connectivity index (χ1v) is 19.9. The topological polar surface area (TPSA) is 174 Å². The third-order valence-corrected chi connectivity index (χ3v) is 12.4. The Morgan fingerprint density at radius 3 is 2.16 bits per heavy atom. The number of nitrogens with one attached hydrogen (secondary N) is 4. The Balaban J connectivity index is 2.45. The summed E-state index contributed by atoms with van der Waals surface area (Å²) in [6.07, 6.45) is 7.03. The van der Waals surface area contributed by atoms with E-state index in [1.54, 1.807) is 11.8 Å². The number of likely N-dealkylation sites (N-methyl/N-ethyl adjacent to an activating group) is 1. The summed E-state index contributed by atoms with van der Waals surface area (Å²) >= 11 is 0. The van der Waals surface area contributed by atoms with E-state index in [4.69, 9.17) is 0 Å². The lowest BCUT2D eigenvalue weighted by Gasteiger charge is -2.43. The molecule has 0 aromatic rings. The van der Waals surface area contributed by atoms with Crippen LogP contribution in [0.15, 0.2) is 12.7 Å². The molecule has 0 spiro atoms. The molecule has 1 saturated carbocycles. The van der Waals surface area contributed by atoms with E-state index in [1.165, 1.54) is 17.4 Å². The molecule has 1 aliphatic heterocycles. The summed E-state index contributed by atoms with van der Waals surface area (Å²) in [5.41, 5.74) is -1.10. The molecule has 286 valence electrons. The van der Waals surface area contributed by atoms with Crippen LogP contribution < -0.4 is 21.3 Å². The molecule has 5 amide bonds. The number of rotatable bonds is 17. The summed E-state index contributed by atoms with van der Waals surface area (Å²) in [6.45, 7) is 19.2. The molecule has 0 aromatic carbocycles. The normalized spacial score (nSPS) is 21.2. The lowest BCUT2D eigenvalue weighted by atomic mass is 9.70. The van der Waals surface area contributed by atoms with E-state index in [-0.39, 0.29) is 43.0 Å². The molecule has 2 rings (SSSR count). The summed E-state index contributed by atoms with van der Waals surface area (Å²) in [7, 11) is -2.01. The lowest BCUT2D eigenvalue weighted by molar-refractivity contribution is -0.145. The first kappa shape index (κ1) is 43.2. The summed E-state index contributed by atoms with van der Waals surface area (Å²) in [5.74, 6) is -2.67. The smallest absolute Gasteiger partial charge is 0.315 e. The number of amides is 5. The van der Waals surface area contributed by atoms with E-state index in [0.29, 0.717) is 32.2 Å². The van der Waals surface area contributed by atoms with Crippen molar-refractivity contribution in [3.05, 3.63) is 12.7 Å². The van der Waals surface area contributed by atoms with Crippen LogP contribution in [0.1, 0.15) is 107 Å². The number of nitrogens with zero attached hydrogens (tertiary/aromatic N) is 2. The molecule has 0 bridgehead atoms. The van der Waals surface area contributed by atoms with Gasteiger partial charge in [0.25, 0.3) is 5.91 Å². The molecule has 50 heavy (non-hydrogen) atoms. The maximum Gasteiger partial charge on any atom is 0.315 e. The average Bonchev–Trinajstić information content (AvgIpc) is 3.50. The zero-order valence-corrected chi connectivity index (χ0v) is 32.7. The summed E-state index contributed by atoms with van der Waals surface area (Å²) in [4.78, 5) is 69.8. The summed E-state index contributed by atoms with van der Waals surface area (Å²) in [6, 6.07) is -4.07. The van der Waals surface area contributed by atoms with Crippen LogP contribution in [0, 0.1) is 22.7 Å². The summed E-state index contributed by atoms with van der Waals surface area (Å²) < 4.78 is 26.4. The fraction of sp³-hybridized carbons (Fsp3) is 0.806. The third kappa shape index (κ3) is 11.2. The number of urea groups is 1. The van der Waals surface area contributed by atoms with Gasteiger partial charge >= 0.3 is 6.03 Å². The van der Waals surface area contributed by atoms with Crippen molar-refractivity contribution in [2.24, 2.45) is 22.7 Å². The van der Waals surface area contributed by atoms with Gasteiger partial charge in [-0.2, -0.15) is 0 Å². The van der Waals surface area contributed by atoms with Gasteiger partial charge in [-0.05, 0) is 55.3 Å². The van der Waals surface area contributed by atoms with Gasteiger partial charge in [-0.25, -0.2) is 17.5 Å². The molecular weight excluding hydrogens is 660 g/mol. The van der Waals surface area contributed by atoms with Crippen molar-refractivity contribution >= 4 is 39.6 Å². The molecule has 1 saturated heterocycles. The molecule has 1 unspecified atom stereocenters. The van der Waals surface area contributed by atoms with Gasteiger partial charge in [0.15, 0.2) is 0 Å². The Morgan fingerprint density at radius 1 is 1.02 bits per heavy atom. The van der Waals surface area contributed by atoms with Crippen LogP contribution in [-0.4, -0.2) is 104 Å². The van der Waals surface area contributed by atoms with Crippen molar-refractivity contribution in [1.29, 1.82) is 0 Å².